The molecule has 1 atom stereocenters. The van der Waals surface area contributed by atoms with Gasteiger partial charge in [-0.25, -0.2) is 9.97 Å². The van der Waals surface area contributed by atoms with Gasteiger partial charge in [0.1, 0.15) is 11.3 Å². The fourth-order valence-electron chi connectivity index (χ4n) is 2.43. The SMILES string of the molecule is Cc1ccc2nc(C(C)Cl)n(CCc3ccncc3)c2n1. The van der Waals surface area contributed by atoms with Crippen LogP contribution in [0.3, 0.4) is 0 Å². The first kappa shape index (κ1) is 14.0. The first-order valence-corrected chi connectivity index (χ1v) is 7.45. The molecule has 5 heteroatoms. The Balaban J connectivity index is 1.98. The lowest BCUT2D eigenvalue weighted by atomic mass is 10.2. The van der Waals surface area contributed by atoms with Crippen LogP contribution < -0.4 is 0 Å². The van der Waals surface area contributed by atoms with Gasteiger partial charge in [-0.05, 0) is 50.1 Å². The van der Waals surface area contributed by atoms with Crippen molar-refractivity contribution in [2.45, 2.75) is 32.2 Å². The van der Waals surface area contributed by atoms with Gasteiger partial charge in [0.05, 0.1) is 5.38 Å². The maximum absolute atomic E-state index is 6.28. The number of hydrogen-bond donors (Lipinski definition) is 0. The van der Waals surface area contributed by atoms with Crippen molar-refractivity contribution in [1.82, 2.24) is 19.5 Å². The van der Waals surface area contributed by atoms with E-state index in [0.717, 1.165) is 35.6 Å². The zero-order valence-electron chi connectivity index (χ0n) is 12.1. The summed E-state index contributed by atoms with van der Waals surface area (Å²) in [6.07, 6.45) is 4.53. The number of alkyl halides is 1. The fraction of sp³-hybridized carbons (Fsp3) is 0.312. The summed E-state index contributed by atoms with van der Waals surface area (Å²) >= 11 is 6.28. The smallest absolute Gasteiger partial charge is 0.160 e. The average Bonchev–Trinajstić information content (AvgIpc) is 2.84. The molecule has 0 radical (unpaired) electrons. The summed E-state index contributed by atoms with van der Waals surface area (Å²) in [4.78, 5) is 13.3. The molecule has 0 spiro atoms. The molecule has 0 amide bonds. The third kappa shape index (κ3) is 2.90. The number of pyridine rings is 2. The molecule has 0 aromatic carbocycles. The molecule has 0 aliphatic rings. The summed E-state index contributed by atoms with van der Waals surface area (Å²) in [7, 11) is 0. The van der Waals surface area contributed by atoms with E-state index in [0.29, 0.717) is 0 Å². The Hall–Kier alpha value is -1.94. The second-order valence-corrected chi connectivity index (χ2v) is 5.79. The molecule has 4 nitrogen and oxygen atoms in total. The molecule has 0 saturated heterocycles. The summed E-state index contributed by atoms with van der Waals surface area (Å²) < 4.78 is 2.13. The maximum atomic E-state index is 6.28. The Morgan fingerprint density at radius 3 is 2.62 bits per heavy atom. The van der Waals surface area contributed by atoms with Crippen LogP contribution in [0.1, 0.15) is 29.4 Å². The molecule has 1 unspecified atom stereocenters. The van der Waals surface area contributed by atoms with Crippen molar-refractivity contribution >= 4 is 22.8 Å². The van der Waals surface area contributed by atoms with E-state index in [9.17, 15) is 0 Å². The van der Waals surface area contributed by atoms with Gasteiger partial charge in [-0.3, -0.25) is 4.98 Å². The highest BCUT2D eigenvalue weighted by Crippen LogP contribution is 2.24. The minimum atomic E-state index is -0.142. The summed E-state index contributed by atoms with van der Waals surface area (Å²) in [6, 6.07) is 8.04. The van der Waals surface area contributed by atoms with Crippen molar-refractivity contribution in [1.29, 1.82) is 0 Å². The van der Waals surface area contributed by atoms with Crippen LogP contribution in [0.5, 0.6) is 0 Å². The van der Waals surface area contributed by atoms with E-state index in [-0.39, 0.29) is 5.38 Å². The molecule has 3 aromatic heterocycles. The molecule has 0 fully saturated rings. The van der Waals surface area contributed by atoms with Crippen LogP contribution in [0, 0.1) is 6.92 Å². The lowest BCUT2D eigenvalue weighted by molar-refractivity contribution is 0.662. The first-order valence-electron chi connectivity index (χ1n) is 7.02. The molecule has 3 heterocycles. The summed E-state index contributed by atoms with van der Waals surface area (Å²) in [5, 5.41) is -0.142. The highest BCUT2D eigenvalue weighted by atomic mass is 35.5. The molecule has 3 rings (SSSR count). The Morgan fingerprint density at radius 1 is 1.14 bits per heavy atom. The van der Waals surface area contributed by atoms with Crippen molar-refractivity contribution in [3.63, 3.8) is 0 Å². The van der Waals surface area contributed by atoms with Gasteiger partial charge in [0, 0.05) is 24.6 Å². The number of aryl methyl sites for hydroxylation is 3. The number of halogens is 1. The molecule has 0 N–H and O–H groups in total. The molecule has 0 saturated carbocycles. The number of fused-ring (bicyclic) bond motifs is 1. The van der Waals surface area contributed by atoms with Gasteiger partial charge in [-0.15, -0.1) is 11.6 Å². The summed E-state index contributed by atoms with van der Waals surface area (Å²) in [6.45, 7) is 4.74. The summed E-state index contributed by atoms with van der Waals surface area (Å²) in [5.41, 5.74) is 4.04. The van der Waals surface area contributed by atoms with Gasteiger partial charge in [-0.1, -0.05) is 0 Å². The minimum Gasteiger partial charge on any atom is -0.311 e. The average molecular weight is 301 g/mol. The van der Waals surface area contributed by atoms with E-state index in [1.165, 1.54) is 5.56 Å². The van der Waals surface area contributed by atoms with Crippen LogP contribution in [0.15, 0.2) is 36.7 Å². The molecular formula is C16H17ClN4. The molecule has 0 aliphatic carbocycles. The Kier molecular flexibility index (Phi) is 3.88. The first-order chi connectivity index (χ1) is 10.1. The zero-order valence-corrected chi connectivity index (χ0v) is 12.9. The van der Waals surface area contributed by atoms with Crippen LogP contribution in [0.2, 0.25) is 0 Å². The number of nitrogens with zero attached hydrogens (tertiary/aromatic N) is 4. The predicted molar refractivity (Wildman–Crippen MR) is 84.5 cm³/mol. The van der Waals surface area contributed by atoms with Crippen molar-refractivity contribution < 1.29 is 0 Å². The van der Waals surface area contributed by atoms with Crippen molar-refractivity contribution in [2.75, 3.05) is 0 Å². The normalized spacial score (nSPS) is 12.7. The van der Waals surface area contributed by atoms with Gasteiger partial charge in [-0.2, -0.15) is 0 Å². The Morgan fingerprint density at radius 2 is 1.90 bits per heavy atom. The third-order valence-electron chi connectivity index (χ3n) is 3.49. The van der Waals surface area contributed by atoms with E-state index in [1.807, 2.05) is 50.5 Å². The van der Waals surface area contributed by atoms with Gasteiger partial charge >= 0.3 is 0 Å². The molecular weight excluding hydrogens is 284 g/mol. The monoisotopic (exact) mass is 300 g/mol. The number of rotatable bonds is 4. The lowest BCUT2D eigenvalue weighted by Gasteiger charge is -2.10. The highest BCUT2D eigenvalue weighted by Gasteiger charge is 2.15. The molecule has 3 aromatic rings. The van der Waals surface area contributed by atoms with E-state index in [2.05, 4.69) is 19.5 Å². The number of imidazole rings is 1. The quantitative estimate of drug-likeness (QED) is 0.690. The molecule has 0 bridgehead atoms. The van der Waals surface area contributed by atoms with E-state index in [4.69, 9.17) is 11.6 Å². The second-order valence-electron chi connectivity index (χ2n) is 5.14. The van der Waals surface area contributed by atoms with Crippen molar-refractivity contribution in [2.24, 2.45) is 0 Å². The highest BCUT2D eigenvalue weighted by molar-refractivity contribution is 6.20. The zero-order chi connectivity index (χ0) is 14.8. The third-order valence-corrected chi connectivity index (χ3v) is 3.69. The van der Waals surface area contributed by atoms with Crippen LogP contribution in [0.4, 0.5) is 0 Å². The second kappa shape index (κ2) is 5.82. The van der Waals surface area contributed by atoms with E-state index < -0.39 is 0 Å². The molecule has 21 heavy (non-hydrogen) atoms. The van der Waals surface area contributed by atoms with E-state index in [1.54, 1.807) is 0 Å². The van der Waals surface area contributed by atoms with Crippen molar-refractivity contribution in [3.05, 3.63) is 53.7 Å². The van der Waals surface area contributed by atoms with Crippen LogP contribution in [0.25, 0.3) is 11.2 Å². The Labute approximate surface area is 128 Å². The van der Waals surface area contributed by atoms with Crippen LogP contribution >= 0.6 is 11.6 Å². The van der Waals surface area contributed by atoms with Gasteiger partial charge < -0.3 is 4.57 Å². The number of hydrogen-bond acceptors (Lipinski definition) is 3. The van der Waals surface area contributed by atoms with Crippen LogP contribution in [-0.4, -0.2) is 19.5 Å². The van der Waals surface area contributed by atoms with E-state index >= 15 is 0 Å². The van der Waals surface area contributed by atoms with Gasteiger partial charge in [0.15, 0.2) is 5.65 Å². The number of aromatic nitrogens is 4. The maximum Gasteiger partial charge on any atom is 0.160 e. The Bertz CT molecular complexity index is 750. The predicted octanol–water partition coefficient (Wildman–Crippen LogP) is 3.68. The lowest BCUT2D eigenvalue weighted by Crippen LogP contribution is -2.08. The van der Waals surface area contributed by atoms with Gasteiger partial charge in [0.2, 0.25) is 0 Å². The molecule has 108 valence electrons. The largest absolute Gasteiger partial charge is 0.311 e. The standard InChI is InChI=1S/C16H17ClN4/c1-11-3-4-14-16(19-11)21(15(20-14)12(2)17)10-7-13-5-8-18-9-6-13/h3-6,8-9,12H,7,10H2,1-2H3. The fourth-order valence-corrected chi connectivity index (χ4v) is 2.59. The van der Waals surface area contributed by atoms with Gasteiger partial charge in [0.25, 0.3) is 0 Å². The topological polar surface area (TPSA) is 43.6 Å². The van der Waals surface area contributed by atoms with Crippen LogP contribution in [-0.2, 0) is 13.0 Å². The summed E-state index contributed by atoms with van der Waals surface area (Å²) in [5.74, 6) is 0.874. The minimum absolute atomic E-state index is 0.142. The molecule has 0 aliphatic heterocycles. The van der Waals surface area contributed by atoms with Crippen molar-refractivity contribution in [3.8, 4) is 0 Å².